The first-order valence-corrected chi connectivity index (χ1v) is 5.60. The van der Waals surface area contributed by atoms with Gasteiger partial charge in [-0.3, -0.25) is 0 Å². The van der Waals surface area contributed by atoms with Gasteiger partial charge >= 0.3 is 76.1 Å². The van der Waals surface area contributed by atoms with Crippen LogP contribution in [0.15, 0.2) is 34.0 Å². The van der Waals surface area contributed by atoms with Crippen molar-refractivity contribution in [3.05, 3.63) is 45.0 Å². The molecule has 0 aliphatic heterocycles. The molecule has 0 spiro atoms. The molecule has 0 amide bonds. The third kappa shape index (κ3) is 1.24. The van der Waals surface area contributed by atoms with Crippen LogP contribution in [0.2, 0.25) is 0 Å². The van der Waals surface area contributed by atoms with E-state index in [4.69, 9.17) is 0 Å². The molecule has 0 fully saturated rings. The van der Waals surface area contributed by atoms with Crippen molar-refractivity contribution >= 4 is 24.1 Å². The molecular formula is C10H8OSe. The summed E-state index contributed by atoms with van der Waals surface area (Å²) in [4.78, 5) is 13.3. The molecule has 0 bridgehead atoms. The predicted octanol–water partition coefficient (Wildman–Crippen LogP) is 1.57. The summed E-state index contributed by atoms with van der Waals surface area (Å²) in [5, 5.41) is 0.892. The Morgan fingerprint density at radius 3 is 2.92 bits per heavy atom. The van der Waals surface area contributed by atoms with Crippen molar-refractivity contribution in [3.8, 4) is 0 Å². The summed E-state index contributed by atoms with van der Waals surface area (Å²) in [6.07, 6.45) is 0. The van der Waals surface area contributed by atoms with Crippen LogP contribution >= 0.6 is 0 Å². The van der Waals surface area contributed by atoms with E-state index in [1.54, 1.807) is 6.07 Å². The van der Waals surface area contributed by atoms with Gasteiger partial charge in [-0.25, -0.2) is 0 Å². The van der Waals surface area contributed by atoms with Crippen LogP contribution in [0.25, 0.3) is 9.65 Å². The number of aryl methyl sites for hydroxylation is 1. The summed E-state index contributed by atoms with van der Waals surface area (Å²) in [6, 6.07) is 7.71. The number of hydrogen-bond donors (Lipinski definition) is 0. The summed E-state index contributed by atoms with van der Waals surface area (Å²) in [5.41, 5.74) is 1.39. The molecule has 2 aromatic rings. The van der Waals surface area contributed by atoms with Gasteiger partial charge in [-0.2, -0.15) is 0 Å². The molecule has 60 valence electrons. The van der Waals surface area contributed by atoms with Gasteiger partial charge in [0, 0.05) is 0 Å². The summed E-state index contributed by atoms with van der Waals surface area (Å²) in [6.45, 7) is 2.05. The van der Waals surface area contributed by atoms with Crippen LogP contribution in [0.5, 0.6) is 0 Å². The molecule has 12 heavy (non-hydrogen) atoms. The van der Waals surface area contributed by atoms with Crippen LogP contribution in [0.3, 0.4) is 0 Å². The number of hydrogen-bond acceptors (Lipinski definition) is 1. The average Bonchev–Trinajstić information content (AvgIpc) is 2.04. The van der Waals surface area contributed by atoms with E-state index < -0.39 is 0 Å². The molecule has 0 saturated carbocycles. The van der Waals surface area contributed by atoms with E-state index >= 15 is 0 Å². The van der Waals surface area contributed by atoms with Gasteiger partial charge in [0.2, 0.25) is 0 Å². The number of rotatable bonds is 0. The minimum absolute atomic E-state index is 0.151. The summed E-state index contributed by atoms with van der Waals surface area (Å²) in [5.74, 6) is 0. The zero-order chi connectivity index (χ0) is 8.55. The van der Waals surface area contributed by atoms with Crippen molar-refractivity contribution in [1.29, 1.82) is 0 Å². The fourth-order valence-electron chi connectivity index (χ4n) is 1.19. The van der Waals surface area contributed by atoms with E-state index in [9.17, 15) is 4.79 Å². The Morgan fingerprint density at radius 1 is 1.25 bits per heavy atom. The van der Waals surface area contributed by atoms with Crippen molar-refractivity contribution in [2.45, 2.75) is 6.92 Å². The summed E-state index contributed by atoms with van der Waals surface area (Å²) >= 11 is 0.356. The maximum absolute atomic E-state index is 11.3. The van der Waals surface area contributed by atoms with E-state index in [1.807, 2.05) is 17.1 Å². The van der Waals surface area contributed by atoms with E-state index in [0.717, 1.165) is 5.39 Å². The van der Waals surface area contributed by atoms with E-state index in [0.29, 0.717) is 14.5 Å². The molecule has 1 aromatic carbocycles. The zero-order valence-corrected chi connectivity index (χ0v) is 8.42. The van der Waals surface area contributed by atoms with Crippen LogP contribution in [0.1, 0.15) is 5.56 Å². The van der Waals surface area contributed by atoms with Crippen LogP contribution in [-0.4, -0.2) is 14.5 Å². The Hall–Kier alpha value is -0.851. The van der Waals surface area contributed by atoms with Crippen molar-refractivity contribution in [2.24, 2.45) is 0 Å². The SMILES string of the molecule is Cc1ccc2c(=O)cc[se]c2c1. The minimum atomic E-state index is 0.151. The van der Waals surface area contributed by atoms with Gasteiger partial charge in [0.15, 0.2) is 0 Å². The first kappa shape index (κ1) is 7.78. The van der Waals surface area contributed by atoms with Crippen LogP contribution in [0, 0.1) is 6.92 Å². The quantitative estimate of drug-likeness (QED) is 0.619. The monoisotopic (exact) mass is 224 g/mol. The number of fused-ring (bicyclic) bond motifs is 1. The fraction of sp³-hybridized carbons (Fsp3) is 0.100. The van der Waals surface area contributed by atoms with Gasteiger partial charge in [0.05, 0.1) is 0 Å². The predicted molar refractivity (Wildman–Crippen MR) is 51.9 cm³/mol. The van der Waals surface area contributed by atoms with Crippen LogP contribution < -0.4 is 5.43 Å². The van der Waals surface area contributed by atoms with E-state index in [2.05, 4.69) is 13.0 Å². The molecule has 2 heteroatoms. The maximum atomic E-state index is 11.3. The Bertz CT molecular complexity index is 470. The summed E-state index contributed by atoms with van der Waals surface area (Å²) < 4.78 is 1.22. The first-order chi connectivity index (χ1) is 5.77. The van der Waals surface area contributed by atoms with Crippen molar-refractivity contribution in [2.75, 3.05) is 0 Å². The summed E-state index contributed by atoms with van der Waals surface area (Å²) in [7, 11) is 0. The third-order valence-electron chi connectivity index (χ3n) is 1.82. The second-order valence-electron chi connectivity index (χ2n) is 2.78. The van der Waals surface area contributed by atoms with Gasteiger partial charge in [-0.15, -0.1) is 0 Å². The molecule has 0 aliphatic rings. The topological polar surface area (TPSA) is 17.1 Å². The molecule has 0 unspecified atom stereocenters. The van der Waals surface area contributed by atoms with E-state index in [-0.39, 0.29) is 5.43 Å². The van der Waals surface area contributed by atoms with Gasteiger partial charge in [0.25, 0.3) is 0 Å². The molecule has 1 aromatic heterocycles. The van der Waals surface area contributed by atoms with Gasteiger partial charge in [-0.05, 0) is 0 Å². The Labute approximate surface area is 76.4 Å². The molecular weight excluding hydrogens is 215 g/mol. The second-order valence-corrected chi connectivity index (χ2v) is 4.77. The molecule has 2 rings (SSSR count). The standard InChI is InChI=1S/C10H8OSe/c1-7-2-3-8-9(11)4-5-12-10(8)6-7/h2-6H,1H3. The van der Waals surface area contributed by atoms with Crippen LogP contribution in [-0.2, 0) is 0 Å². The van der Waals surface area contributed by atoms with Crippen LogP contribution in [0.4, 0.5) is 0 Å². The Kier molecular flexibility index (Phi) is 1.87. The van der Waals surface area contributed by atoms with Crippen molar-refractivity contribution in [1.82, 2.24) is 0 Å². The zero-order valence-electron chi connectivity index (χ0n) is 6.70. The average molecular weight is 223 g/mol. The molecule has 0 saturated heterocycles. The fourth-order valence-corrected chi connectivity index (χ4v) is 3.05. The van der Waals surface area contributed by atoms with E-state index in [1.165, 1.54) is 9.82 Å². The molecule has 0 atom stereocenters. The van der Waals surface area contributed by atoms with Crippen molar-refractivity contribution in [3.63, 3.8) is 0 Å². The molecule has 0 aliphatic carbocycles. The second kappa shape index (κ2) is 2.89. The Balaban J connectivity index is 2.96. The Morgan fingerprint density at radius 2 is 2.08 bits per heavy atom. The molecule has 1 heterocycles. The third-order valence-corrected chi connectivity index (χ3v) is 3.63. The first-order valence-electron chi connectivity index (χ1n) is 3.75. The number of benzene rings is 1. The van der Waals surface area contributed by atoms with Gasteiger partial charge < -0.3 is 0 Å². The van der Waals surface area contributed by atoms with Crippen molar-refractivity contribution < 1.29 is 0 Å². The molecule has 1 nitrogen and oxygen atoms in total. The van der Waals surface area contributed by atoms with Gasteiger partial charge in [-0.1, -0.05) is 0 Å². The molecule has 0 radical (unpaired) electrons. The molecule has 0 N–H and O–H groups in total. The van der Waals surface area contributed by atoms with Gasteiger partial charge in [0.1, 0.15) is 0 Å². The normalized spacial score (nSPS) is 10.4.